The molecule has 2 rings (SSSR count). The molecule has 0 unspecified atom stereocenters. The molecule has 0 bridgehead atoms. The summed E-state index contributed by atoms with van der Waals surface area (Å²) in [6.07, 6.45) is 0. The van der Waals surface area contributed by atoms with Crippen molar-refractivity contribution < 1.29 is 15.0 Å². The standard InChI is InChI=1S/C10H8O3S/c1-5-8(10(12)13)6-3-2-4-7(11)9(6)14-5/h2-4,11H,1H3,(H,12,13). The lowest BCUT2D eigenvalue weighted by Gasteiger charge is -1.94. The third-order valence-electron chi connectivity index (χ3n) is 2.08. The van der Waals surface area contributed by atoms with Crippen LogP contribution in [0.25, 0.3) is 10.1 Å². The maximum Gasteiger partial charge on any atom is 0.337 e. The third kappa shape index (κ3) is 1.15. The number of thiophene rings is 1. The predicted octanol–water partition coefficient (Wildman–Crippen LogP) is 2.61. The van der Waals surface area contributed by atoms with E-state index in [1.54, 1.807) is 25.1 Å². The number of phenols is 1. The van der Waals surface area contributed by atoms with Crippen LogP contribution >= 0.6 is 11.3 Å². The molecule has 0 saturated carbocycles. The average Bonchev–Trinajstić information content (AvgIpc) is 2.42. The first-order valence-corrected chi connectivity index (χ1v) is 4.87. The molecule has 1 aromatic carbocycles. The van der Waals surface area contributed by atoms with E-state index in [9.17, 15) is 9.90 Å². The minimum absolute atomic E-state index is 0.142. The topological polar surface area (TPSA) is 57.5 Å². The number of phenolic OH excluding ortho intramolecular Hbond substituents is 1. The van der Waals surface area contributed by atoms with Crippen LogP contribution in [0, 0.1) is 6.92 Å². The molecule has 0 saturated heterocycles. The fraction of sp³-hybridized carbons (Fsp3) is 0.100. The van der Waals surface area contributed by atoms with Crippen molar-refractivity contribution in [2.24, 2.45) is 0 Å². The SMILES string of the molecule is Cc1sc2c(O)cccc2c1C(=O)O. The Balaban J connectivity index is 2.90. The maximum absolute atomic E-state index is 10.9. The van der Waals surface area contributed by atoms with Crippen LogP contribution in [0.1, 0.15) is 15.2 Å². The minimum Gasteiger partial charge on any atom is -0.506 e. The second kappa shape index (κ2) is 2.99. The van der Waals surface area contributed by atoms with Gasteiger partial charge in [-0.3, -0.25) is 0 Å². The molecule has 3 nitrogen and oxygen atoms in total. The maximum atomic E-state index is 10.9. The van der Waals surface area contributed by atoms with Crippen LogP contribution in [0.2, 0.25) is 0 Å². The Bertz CT molecular complexity index is 513. The summed E-state index contributed by atoms with van der Waals surface area (Å²) < 4.78 is 0.641. The lowest BCUT2D eigenvalue weighted by Crippen LogP contribution is -1.95. The van der Waals surface area contributed by atoms with Crippen LogP contribution in [-0.2, 0) is 0 Å². The molecule has 0 atom stereocenters. The van der Waals surface area contributed by atoms with Crippen molar-refractivity contribution in [3.63, 3.8) is 0 Å². The highest BCUT2D eigenvalue weighted by Crippen LogP contribution is 2.36. The van der Waals surface area contributed by atoms with Gasteiger partial charge in [-0.15, -0.1) is 11.3 Å². The molecular weight excluding hydrogens is 200 g/mol. The van der Waals surface area contributed by atoms with Gasteiger partial charge >= 0.3 is 5.97 Å². The molecule has 2 N–H and O–H groups in total. The fourth-order valence-electron chi connectivity index (χ4n) is 1.49. The number of carboxylic acid groups (broad SMARTS) is 1. The van der Waals surface area contributed by atoms with Gasteiger partial charge in [0, 0.05) is 10.3 Å². The zero-order valence-corrected chi connectivity index (χ0v) is 8.26. The second-order valence-corrected chi connectivity index (χ2v) is 4.22. The van der Waals surface area contributed by atoms with Gasteiger partial charge in [0.25, 0.3) is 0 Å². The average molecular weight is 208 g/mol. The van der Waals surface area contributed by atoms with E-state index in [2.05, 4.69) is 0 Å². The van der Waals surface area contributed by atoms with E-state index in [0.29, 0.717) is 20.5 Å². The first-order chi connectivity index (χ1) is 6.61. The normalized spacial score (nSPS) is 10.6. The number of benzene rings is 1. The second-order valence-electron chi connectivity index (χ2n) is 2.99. The Morgan fingerprint density at radius 3 is 2.79 bits per heavy atom. The summed E-state index contributed by atoms with van der Waals surface area (Å²) in [7, 11) is 0. The highest BCUT2D eigenvalue weighted by molar-refractivity contribution is 7.19. The van der Waals surface area contributed by atoms with Gasteiger partial charge in [0.1, 0.15) is 5.75 Å². The lowest BCUT2D eigenvalue weighted by atomic mass is 10.1. The summed E-state index contributed by atoms with van der Waals surface area (Å²) in [5.41, 5.74) is 0.293. The number of aromatic hydroxyl groups is 1. The number of hydrogen-bond acceptors (Lipinski definition) is 3. The van der Waals surface area contributed by atoms with E-state index < -0.39 is 5.97 Å². The van der Waals surface area contributed by atoms with Crippen molar-refractivity contribution in [3.05, 3.63) is 28.6 Å². The van der Waals surface area contributed by atoms with E-state index in [-0.39, 0.29) is 5.75 Å². The molecule has 1 heterocycles. The number of carboxylic acids is 1. The van der Waals surface area contributed by atoms with Crippen LogP contribution in [-0.4, -0.2) is 16.2 Å². The number of carbonyl (C=O) groups is 1. The van der Waals surface area contributed by atoms with Crippen LogP contribution in [0.15, 0.2) is 18.2 Å². The highest BCUT2D eigenvalue weighted by Gasteiger charge is 2.16. The van der Waals surface area contributed by atoms with Crippen molar-refractivity contribution in [1.82, 2.24) is 0 Å². The summed E-state index contributed by atoms with van der Waals surface area (Å²) in [6.45, 7) is 1.74. The van der Waals surface area contributed by atoms with Crippen LogP contribution in [0.4, 0.5) is 0 Å². The smallest absolute Gasteiger partial charge is 0.337 e. The first kappa shape index (κ1) is 9.02. The molecule has 0 spiro atoms. The fourth-order valence-corrected chi connectivity index (χ4v) is 2.55. The molecule has 0 radical (unpaired) electrons. The predicted molar refractivity (Wildman–Crippen MR) is 55.2 cm³/mol. The van der Waals surface area contributed by atoms with Crippen molar-refractivity contribution in [2.75, 3.05) is 0 Å². The Hall–Kier alpha value is -1.55. The monoisotopic (exact) mass is 208 g/mol. The zero-order chi connectivity index (χ0) is 10.3. The highest BCUT2D eigenvalue weighted by atomic mass is 32.1. The van der Waals surface area contributed by atoms with Crippen LogP contribution in [0.5, 0.6) is 5.75 Å². The molecule has 0 aliphatic carbocycles. The van der Waals surface area contributed by atoms with E-state index in [4.69, 9.17) is 5.11 Å². The van der Waals surface area contributed by atoms with Crippen molar-refractivity contribution >= 4 is 27.4 Å². The van der Waals surface area contributed by atoms with Gasteiger partial charge in [0.15, 0.2) is 0 Å². The Morgan fingerprint density at radius 2 is 2.14 bits per heavy atom. The quantitative estimate of drug-likeness (QED) is 0.757. The van der Waals surface area contributed by atoms with Gasteiger partial charge in [-0.2, -0.15) is 0 Å². The molecule has 0 aliphatic heterocycles. The Labute approximate surface area is 84.2 Å². The van der Waals surface area contributed by atoms with Crippen molar-refractivity contribution in [1.29, 1.82) is 0 Å². The van der Waals surface area contributed by atoms with E-state index >= 15 is 0 Å². The van der Waals surface area contributed by atoms with Crippen molar-refractivity contribution in [2.45, 2.75) is 6.92 Å². The molecule has 1 aromatic heterocycles. The van der Waals surface area contributed by atoms with E-state index in [1.165, 1.54) is 11.3 Å². The Kier molecular flexibility index (Phi) is 1.93. The van der Waals surface area contributed by atoms with Gasteiger partial charge in [0.05, 0.1) is 10.3 Å². The number of fused-ring (bicyclic) bond motifs is 1. The summed E-state index contributed by atoms with van der Waals surface area (Å²) in [5, 5.41) is 19.1. The van der Waals surface area contributed by atoms with E-state index in [1.807, 2.05) is 0 Å². The largest absolute Gasteiger partial charge is 0.506 e. The van der Waals surface area contributed by atoms with Crippen LogP contribution in [0.3, 0.4) is 0 Å². The molecule has 2 aromatic rings. The number of aryl methyl sites for hydroxylation is 1. The molecule has 0 amide bonds. The molecule has 14 heavy (non-hydrogen) atoms. The Morgan fingerprint density at radius 1 is 1.43 bits per heavy atom. The minimum atomic E-state index is -0.945. The van der Waals surface area contributed by atoms with Gasteiger partial charge in [-0.25, -0.2) is 4.79 Å². The summed E-state index contributed by atoms with van der Waals surface area (Å²) in [5.74, 6) is -0.803. The van der Waals surface area contributed by atoms with Crippen molar-refractivity contribution in [3.8, 4) is 5.75 Å². The van der Waals surface area contributed by atoms with Gasteiger partial charge in [-0.05, 0) is 13.0 Å². The molecule has 0 aliphatic rings. The molecule has 72 valence electrons. The summed E-state index contributed by atoms with van der Waals surface area (Å²) in [4.78, 5) is 11.6. The van der Waals surface area contributed by atoms with Gasteiger partial charge < -0.3 is 10.2 Å². The van der Waals surface area contributed by atoms with E-state index in [0.717, 1.165) is 0 Å². The van der Waals surface area contributed by atoms with Crippen LogP contribution < -0.4 is 0 Å². The third-order valence-corrected chi connectivity index (χ3v) is 3.23. The summed E-state index contributed by atoms with van der Waals surface area (Å²) in [6, 6.07) is 4.92. The number of rotatable bonds is 1. The molecule has 4 heteroatoms. The van der Waals surface area contributed by atoms with Gasteiger partial charge in [-0.1, -0.05) is 12.1 Å². The molecular formula is C10H8O3S. The number of hydrogen-bond donors (Lipinski definition) is 2. The number of aromatic carboxylic acids is 1. The first-order valence-electron chi connectivity index (χ1n) is 4.05. The summed E-state index contributed by atoms with van der Waals surface area (Å²) >= 11 is 1.30. The molecule has 0 fully saturated rings. The zero-order valence-electron chi connectivity index (χ0n) is 7.44. The van der Waals surface area contributed by atoms with Gasteiger partial charge in [0.2, 0.25) is 0 Å². The lowest BCUT2D eigenvalue weighted by molar-refractivity contribution is 0.0699.